The lowest BCUT2D eigenvalue weighted by Crippen LogP contribution is -2.35. The fraction of sp³-hybridized carbons (Fsp3) is 0.458. The normalized spacial score (nSPS) is 14.5. The average molecular weight is 477 g/mol. The number of para-hydroxylation sites is 1. The average Bonchev–Trinajstić information content (AvgIpc) is 2.83. The number of aryl methyl sites for hydroxylation is 1. The summed E-state index contributed by atoms with van der Waals surface area (Å²) in [5.41, 5.74) is 1.27. The predicted octanol–water partition coefficient (Wildman–Crippen LogP) is 3.85. The van der Waals surface area contributed by atoms with Gasteiger partial charge in [-0.2, -0.15) is 4.31 Å². The Morgan fingerprint density at radius 1 is 1.03 bits per heavy atom. The van der Waals surface area contributed by atoms with E-state index in [-0.39, 0.29) is 17.2 Å². The second kappa shape index (κ2) is 11.4. The number of sulfonamides is 1. The molecule has 1 aliphatic rings. The summed E-state index contributed by atoms with van der Waals surface area (Å²) in [4.78, 5) is 12.7. The summed E-state index contributed by atoms with van der Waals surface area (Å²) < 4.78 is 44.3. The topological polar surface area (TPSA) is 94.2 Å². The first-order valence-corrected chi connectivity index (χ1v) is 12.6. The molecule has 0 atom stereocenters. The van der Waals surface area contributed by atoms with E-state index >= 15 is 0 Å². The van der Waals surface area contributed by atoms with Gasteiger partial charge in [0.2, 0.25) is 15.9 Å². The highest BCUT2D eigenvalue weighted by atomic mass is 32.2. The van der Waals surface area contributed by atoms with Crippen LogP contribution in [0.3, 0.4) is 0 Å². The molecular weight excluding hydrogens is 444 g/mol. The molecule has 0 bridgehead atoms. The minimum absolute atomic E-state index is 0.0820. The lowest BCUT2D eigenvalue weighted by atomic mass is 10.1. The van der Waals surface area contributed by atoms with Crippen molar-refractivity contribution >= 4 is 21.6 Å². The molecule has 1 saturated heterocycles. The van der Waals surface area contributed by atoms with Crippen molar-refractivity contribution in [3.05, 3.63) is 42.0 Å². The number of benzene rings is 2. The molecule has 3 rings (SSSR count). The quantitative estimate of drug-likeness (QED) is 0.560. The maximum Gasteiger partial charge on any atom is 0.246 e. The Kier molecular flexibility index (Phi) is 8.57. The van der Waals surface area contributed by atoms with E-state index in [1.54, 1.807) is 39.3 Å². The molecule has 0 aromatic heterocycles. The highest BCUT2D eigenvalue weighted by Gasteiger charge is 2.29. The van der Waals surface area contributed by atoms with Crippen LogP contribution in [0.5, 0.6) is 17.2 Å². The number of nitrogens with zero attached hydrogens (tertiary/aromatic N) is 1. The molecule has 1 heterocycles. The highest BCUT2D eigenvalue weighted by molar-refractivity contribution is 7.89. The number of anilines is 1. The minimum Gasteiger partial charge on any atom is -0.493 e. The molecular formula is C24H32N2O6S. The van der Waals surface area contributed by atoms with Crippen LogP contribution in [-0.4, -0.2) is 52.5 Å². The van der Waals surface area contributed by atoms with E-state index in [1.807, 2.05) is 12.1 Å². The summed E-state index contributed by atoms with van der Waals surface area (Å²) in [5, 5.41) is 2.81. The maximum atomic E-state index is 13.3. The van der Waals surface area contributed by atoms with Crippen molar-refractivity contribution in [2.24, 2.45) is 0 Å². The summed E-state index contributed by atoms with van der Waals surface area (Å²) in [6, 6.07) is 10.3. The first-order chi connectivity index (χ1) is 15.9. The van der Waals surface area contributed by atoms with Crippen LogP contribution in [0.15, 0.2) is 41.3 Å². The summed E-state index contributed by atoms with van der Waals surface area (Å²) in [6.45, 7) is 3.14. The molecule has 0 unspecified atom stereocenters. The first-order valence-electron chi connectivity index (χ1n) is 11.2. The summed E-state index contributed by atoms with van der Waals surface area (Å²) in [6.07, 6.45) is 3.35. The molecule has 1 aliphatic heterocycles. The van der Waals surface area contributed by atoms with Crippen molar-refractivity contribution in [1.29, 1.82) is 0 Å². The molecule has 9 heteroatoms. The molecule has 0 spiro atoms. The van der Waals surface area contributed by atoms with Gasteiger partial charge in [0.25, 0.3) is 0 Å². The molecule has 0 aliphatic carbocycles. The van der Waals surface area contributed by atoms with Crippen LogP contribution in [0.2, 0.25) is 0 Å². The number of rotatable bonds is 10. The van der Waals surface area contributed by atoms with Gasteiger partial charge in [-0.3, -0.25) is 4.79 Å². The zero-order valence-electron chi connectivity index (χ0n) is 19.4. The molecule has 1 amide bonds. The van der Waals surface area contributed by atoms with Crippen LogP contribution in [0.25, 0.3) is 0 Å². The lowest BCUT2D eigenvalue weighted by molar-refractivity contribution is -0.116. The van der Waals surface area contributed by atoms with Gasteiger partial charge in [-0.25, -0.2) is 8.42 Å². The Labute approximate surface area is 195 Å². The molecule has 0 radical (unpaired) electrons. The van der Waals surface area contributed by atoms with Crippen molar-refractivity contribution in [2.75, 3.05) is 39.2 Å². The second-order valence-corrected chi connectivity index (χ2v) is 9.67. The van der Waals surface area contributed by atoms with Gasteiger partial charge in [-0.1, -0.05) is 18.6 Å². The number of hydrogen-bond acceptors (Lipinski definition) is 6. The molecule has 1 fully saturated rings. The zero-order chi connectivity index (χ0) is 23.8. The van der Waals surface area contributed by atoms with Crippen LogP contribution in [0.1, 0.15) is 38.2 Å². The fourth-order valence-corrected chi connectivity index (χ4v) is 5.60. The summed E-state index contributed by atoms with van der Waals surface area (Å²) in [5.74, 6) is 1.27. The monoisotopic (exact) mass is 476 g/mol. The lowest BCUT2D eigenvalue weighted by Gasteiger charge is -2.27. The van der Waals surface area contributed by atoms with Gasteiger partial charge in [-0.05, 0) is 56.0 Å². The molecule has 33 heavy (non-hydrogen) atoms. The SMILES string of the molecule is CCOc1ccc(NC(=O)CCc2cccc(OC)c2OC)cc1S(=O)(=O)N1CCCCC1. The van der Waals surface area contributed by atoms with Gasteiger partial charge in [0.1, 0.15) is 10.6 Å². The van der Waals surface area contributed by atoms with Gasteiger partial charge in [-0.15, -0.1) is 0 Å². The van der Waals surface area contributed by atoms with Crippen LogP contribution >= 0.6 is 0 Å². The highest BCUT2D eigenvalue weighted by Crippen LogP contribution is 2.33. The number of piperidine rings is 1. The Bertz CT molecular complexity index is 1060. The molecule has 2 aromatic rings. The van der Waals surface area contributed by atoms with Gasteiger partial charge < -0.3 is 19.5 Å². The van der Waals surface area contributed by atoms with E-state index in [4.69, 9.17) is 14.2 Å². The van der Waals surface area contributed by atoms with Crippen LogP contribution in [0, 0.1) is 0 Å². The fourth-order valence-electron chi connectivity index (χ4n) is 3.93. The molecule has 0 saturated carbocycles. The Balaban J connectivity index is 1.76. The van der Waals surface area contributed by atoms with Crippen LogP contribution in [-0.2, 0) is 21.2 Å². The molecule has 1 N–H and O–H groups in total. The van der Waals surface area contributed by atoms with Crippen molar-refractivity contribution < 1.29 is 27.4 Å². The number of nitrogens with one attached hydrogen (secondary N) is 1. The van der Waals surface area contributed by atoms with E-state index in [1.165, 1.54) is 10.4 Å². The molecule has 8 nitrogen and oxygen atoms in total. The summed E-state index contributed by atoms with van der Waals surface area (Å²) >= 11 is 0. The number of carbonyl (C=O) groups excluding carboxylic acids is 1. The van der Waals surface area contributed by atoms with Gasteiger partial charge in [0.05, 0.1) is 20.8 Å². The number of ether oxygens (including phenoxy) is 3. The number of carbonyl (C=O) groups is 1. The largest absolute Gasteiger partial charge is 0.493 e. The molecule has 2 aromatic carbocycles. The van der Waals surface area contributed by atoms with Gasteiger partial charge in [0.15, 0.2) is 11.5 Å². The van der Waals surface area contributed by atoms with E-state index in [9.17, 15) is 13.2 Å². The predicted molar refractivity (Wildman–Crippen MR) is 127 cm³/mol. The van der Waals surface area contributed by atoms with Crippen molar-refractivity contribution in [3.63, 3.8) is 0 Å². The zero-order valence-corrected chi connectivity index (χ0v) is 20.2. The number of hydrogen-bond donors (Lipinski definition) is 1. The van der Waals surface area contributed by atoms with E-state index in [0.717, 1.165) is 24.8 Å². The number of amides is 1. The van der Waals surface area contributed by atoms with E-state index in [2.05, 4.69) is 5.32 Å². The third-order valence-corrected chi connectivity index (χ3v) is 7.49. The second-order valence-electron chi connectivity index (χ2n) is 7.76. The van der Waals surface area contributed by atoms with Crippen LogP contribution in [0.4, 0.5) is 5.69 Å². The van der Waals surface area contributed by atoms with Crippen molar-refractivity contribution in [3.8, 4) is 17.2 Å². The van der Waals surface area contributed by atoms with E-state index in [0.29, 0.717) is 49.1 Å². The van der Waals surface area contributed by atoms with Gasteiger partial charge >= 0.3 is 0 Å². The van der Waals surface area contributed by atoms with Gasteiger partial charge in [0, 0.05) is 25.2 Å². The van der Waals surface area contributed by atoms with E-state index < -0.39 is 10.0 Å². The minimum atomic E-state index is -3.72. The number of methoxy groups -OCH3 is 2. The summed E-state index contributed by atoms with van der Waals surface area (Å²) in [7, 11) is -0.592. The Morgan fingerprint density at radius 2 is 1.79 bits per heavy atom. The third-order valence-electron chi connectivity index (χ3n) is 5.57. The van der Waals surface area contributed by atoms with Crippen molar-refractivity contribution in [2.45, 2.75) is 43.9 Å². The van der Waals surface area contributed by atoms with Crippen LogP contribution < -0.4 is 19.5 Å². The van der Waals surface area contributed by atoms with Crippen molar-refractivity contribution in [1.82, 2.24) is 4.31 Å². The Morgan fingerprint density at radius 3 is 2.45 bits per heavy atom. The smallest absolute Gasteiger partial charge is 0.246 e. The molecule has 180 valence electrons. The first kappa shape index (κ1) is 24.9. The third kappa shape index (κ3) is 5.97. The standard InChI is InChI=1S/C24H32N2O6S/c1-4-32-20-13-12-19(17-22(20)33(28,29)26-15-6-5-7-16-26)25-23(27)14-11-18-9-8-10-21(30-2)24(18)31-3/h8-10,12-13,17H,4-7,11,14-16H2,1-3H3,(H,25,27). The maximum absolute atomic E-state index is 13.3. The Hall–Kier alpha value is -2.78.